The number of nitriles is 1. The van der Waals surface area contributed by atoms with Crippen molar-refractivity contribution in [2.75, 3.05) is 31.5 Å². The van der Waals surface area contributed by atoms with E-state index in [2.05, 4.69) is 31.0 Å². The van der Waals surface area contributed by atoms with Crippen LogP contribution in [0.15, 0.2) is 43.0 Å². The van der Waals surface area contributed by atoms with Gasteiger partial charge in [-0.1, -0.05) is 6.92 Å². The summed E-state index contributed by atoms with van der Waals surface area (Å²) in [5, 5.41) is 21.2. The largest absolute Gasteiger partial charge is 0.435 e. The Hall–Kier alpha value is -5.17. The van der Waals surface area contributed by atoms with Gasteiger partial charge < -0.3 is 26.6 Å². The number of urea groups is 1. The highest BCUT2D eigenvalue weighted by Crippen LogP contribution is 2.37. The number of hydrogen-bond acceptors (Lipinski definition) is 8. The predicted octanol–water partition coefficient (Wildman–Crippen LogP) is 2.91. The van der Waals surface area contributed by atoms with E-state index in [-0.39, 0.29) is 60.3 Å². The average Bonchev–Trinajstić information content (AvgIpc) is 3.73. The summed E-state index contributed by atoms with van der Waals surface area (Å²) in [5.41, 5.74) is 6.70. The SMILES string of the molecule is CCc1cc(Nc2nccn3c(-c4cn(CC#N)nc4C(F)(F)F)cnc23)ccc1C(=O)NCCNC(=O)N1CC[C@H](N)C1. The van der Waals surface area contributed by atoms with Crippen LogP contribution >= 0.6 is 0 Å². The summed E-state index contributed by atoms with van der Waals surface area (Å²) in [5.74, 6) is -0.00735. The van der Waals surface area contributed by atoms with Crippen LogP contribution in [0.2, 0.25) is 0 Å². The summed E-state index contributed by atoms with van der Waals surface area (Å²) < 4.78 is 43.6. The summed E-state index contributed by atoms with van der Waals surface area (Å²) in [6.45, 7) is 3.20. The van der Waals surface area contributed by atoms with Gasteiger partial charge in [0.2, 0.25) is 0 Å². The van der Waals surface area contributed by atoms with E-state index in [1.807, 2.05) is 6.92 Å². The van der Waals surface area contributed by atoms with Gasteiger partial charge in [-0.05, 0) is 36.6 Å². The molecular formula is C28H30F3N11O2. The van der Waals surface area contributed by atoms with Crippen molar-refractivity contribution in [3.8, 4) is 17.3 Å². The number of halogens is 3. The number of rotatable bonds is 9. The number of carbonyl (C=O) groups excluding carboxylic acids is 2. The van der Waals surface area contributed by atoms with E-state index in [9.17, 15) is 22.8 Å². The van der Waals surface area contributed by atoms with Gasteiger partial charge >= 0.3 is 12.2 Å². The molecule has 1 saturated heterocycles. The van der Waals surface area contributed by atoms with Crippen molar-refractivity contribution in [2.24, 2.45) is 5.73 Å². The Bertz CT molecular complexity index is 1720. The molecule has 0 aliphatic carbocycles. The zero-order chi connectivity index (χ0) is 31.4. The molecule has 0 saturated carbocycles. The first-order valence-corrected chi connectivity index (χ1v) is 13.9. The highest BCUT2D eigenvalue weighted by atomic mass is 19.4. The number of benzene rings is 1. The van der Waals surface area contributed by atoms with Gasteiger partial charge in [0.15, 0.2) is 17.2 Å². The van der Waals surface area contributed by atoms with E-state index in [4.69, 9.17) is 11.0 Å². The van der Waals surface area contributed by atoms with E-state index < -0.39 is 11.9 Å². The van der Waals surface area contributed by atoms with Crippen molar-refractivity contribution in [3.63, 3.8) is 0 Å². The number of imidazole rings is 1. The van der Waals surface area contributed by atoms with E-state index in [0.717, 1.165) is 22.9 Å². The lowest BCUT2D eigenvalue weighted by Gasteiger charge is -2.17. The Balaban J connectivity index is 1.29. The lowest BCUT2D eigenvalue weighted by atomic mass is 10.0. The maximum absolute atomic E-state index is 13.7. The molecule has 1 aromatic carbocycles. The number of likely N-dealkylation sites (tertiary alicyclic amines) is 1. The van der Waals surface area contributed by atoms with Crippen molar-refractivity contribution in [2.45, 2.75) is 38.5 Å². The topological polar surface area (TPSA) is 171 Å². The van der Waals surface area contributed by atoms with Gasteiger partial charge in [0.25, 0.3) is 5.91 Å². The van der Waals surface area contributed by atoms with E-state index in [1.54, 1.807) is 29.2 Å². The Morgan fingerprint density at radius 1 is 1.20 bits per heavy atom. The zero-order valence-corrected chi connectivity index (χ0v) is 23.7. The summed E-state index contributed by atoms with van der Waals surface area (Å²) >= 11 is 0. The number of nitrogens with two attached hydrogens (primary N) is 1. The molecule has 230 valence electrons. The van der Waals surface area contributed by atoms with Crippen molar-refractivity contribution < 1.29 is 22.8 Å². The lowest BCUT2D eigenvalue weighted by Crippen LogP contribution is -2.42. The summed E-state index contributed by atoms with van der Waals surface area (Å²) in [6.07, 6.45) is 1.93. The molecule has 3 amide bonds. The van der Waals surface area contributed by atoms with E-state index in [0.29, 0.717) is 30.8 Å². The minimum atomic E-state index is -4.74. The summed E-state index contributed by atoms with van der Waals surface area (Å²) in [4.78, 5) is 35.4. The first-order valence-electron chi connectivity index (χ1n) is 13.9. The first-order chi connectivity index (χ1) is 21.1. The molecule has 0 radical (unpaired) electrons. The van der Waals surface area contributed by atoms with Crippen LogP contribution in [0.1, 0.15) is 35.0 Å². The molecule has 4 heterocycles. The summed E-state index contributed by atoms with van der Waals surface area (Å²) in [7, 11) is 0. The van der Waals surface area contributed by atoms with Gasteiger partial charge in [0, 0.05) is 62.1 Å². The number of alkyl halides is 3. The maximum Gasteiger partial charge on any atom is 0.435 e. The smallest absolute Gasteiger partial charge is 0.350 e. The number of carbonyl (C=O) groups is 2. The molecule has 0 spiro atoms. The molecule has 5 rings (SSSR count). The van der Waals surface area contributed by atoms with Crippen molar-refractivity contribution in [1.82, 2.24) is 39.7 Å². The quantitative estimate of drug-likeness (QED) is 0.210. The Morgan fingerprint density at radius 3 is 2.70 bits per heavy atom. The van der Waals surface area contributed by atoms with Crippen molar-refractivity contribution in [1.29, 1.82) is 5.26 Å². The number of amides is 3. The molecule has 16 heteroatoms. The van der Waals surface area contributed by atoms with E-state index in [1.165, 1.54) is 23.0 Å². The molecule has 1 aliphatic heterocycles. The van der Waals surface area contributed by atoms with Crippen molar-refractivity contribution in [3.05, 3.63) is 59.8 Å². The van der Waals surface area contributed by atoms with Crippen LogP contribution < -0.4 is 21.7 Å². The van der Waals surface area contributed by atoms with Crippen LogP contribution in [0, 0.1) is 11.3 Å². The van der Waals surface area contributed by atoms with Crippen LogP contribution in [0.4, 0.5) is 29.5 Å². The molecule has 1 atom stereocenters. The second kappa shape index (κ2) is 12.6. The monoisotopic (exact) mass is 609 g/mol. The number of nitrogens with one attached hydrogen (secondary N) is 3. The van der Waals surface area contributed by atoms with Gasteiger partial charge in [0.1, 0.15) is 6.54 Å². The Kier molecular flexibility index (Phi) is 8.67. The van der Waals surface area contributed by atoms with Gasteiger partial charge in [0.05, 0.1) is 23.5 Å². The normalized spacial score (nSPS) is 14.9. The third-order valence-corrected chi connectivity index (χ3v) is 7.16. The number of aromatic nitrogens is 5. The molecule has 4 aromatic rings. The Labute approximate surface area is 249 Å². The average molecular weight is 610 g/mol. The molecule has 0 bridgehead atoms. The van der Waals surface area contributed by atoms with Crippen LogP contribution in [-0.2, 0) is 19.1 Å². The fraction of sp³-hybridized carbons (Fsp3) is 0.357. The van der Waals surface area contributed by atoms with Gasteiger partial charge in [-0.25, -0.2) is 14.8 Å². The number of anilines is 2. The zero-order valence-electron chi connectivity index (χ0n) is 23.7. The number of aryl methyl sites for hydroxylation is 1. The van der Waals surface area contributed by atoms with Crippen molar-refractivity contribution >= 4 is 29.1 Å². The molecule has 44 heavy (non-hydrogen) atoms. The standard InChI is InChI=1S/C28H30F3N11O2/c1-2-17-13-19(3-4-20(17)26(43)35-7-8-36-27(44)40-10-5-18(33)15-40)38-24-25-37-14-22(42(25)12-9-34-24)21-16-41(11-6-32)39-23(21)28(29,30)31/h3-4,9,12-14,16,18H,2,5,7-8,10-11,15,33H2,1H3,(H,34,38)(H,35,43)(H,36,44)/t18-/m0/s1. The third kappa shape index (κ3) is 6.42. The molecule has 1 aliphatic rings. The van der Waals surface area contributed by atoms with Gasteiger partial charge in [-0.2, -0.15) is 23.5 Å². The molecule has 1 fully saturated rings. The molecule has 13 nitrogen and oxygen atoms in total. The fourth-order valence-electron chi connectivity index (χ4n) is 5.02. The fourth-order valence-corrected chi connectivity index (χ4v) is 5.02. The van der Waals surface area contributed by atoms with Crippen LogP contribution in [0.3, 0.4) is 0 Å². The second-order valence-corrected chi connectivity index (χ2v) is 10.2. The maximum atomic E-state index is 13.7. The second-order valence-electron chi connectivity index (χ2n) is 10.2. The minimum Gasteiger partial charge on any atom is -0.350 e. The predicted molar refractivity (Wildman–Crippen MR) is 154 cm³/mol. The first kappa shape index (κ1) is 30.3. The Morgan fingerprint density at radius 2 is 2.00 bits per heavy atom. The minimum absolute atomic E-state index is 0.00967. The highest BCUT2D eigenvalue weighted by Gasteiger charge is 2.38. The van der Waals surface area contributed by atoms with Gasteiger partial charge in [-0.15, -0.1) is 0 Å². The highest BCUT2D eigenvalue weighted by molar-refractivity contribution is 5.96. The van der Waals surface area contributed by atoms with E-state index >= 15 is 0 Å². The lowest BCUT2D eigenvalue weighted by molar-refractivity contribution is -0.141. The van der Waals surface area contributed by atoms with Crippen LogP contribution in [-0.4, -0.2) is 73.2 Å². The number of fused-ring (bicyclic) bond motifs is 1. The third-order valence-electron chi connectivity index (χ3n) is 7.16. The van der Waals surface area contributed by atoms with Crippen LogP contribution in [0.5, 0.6) is 0 Å². The molecular weight excluding hydrogens is 579 g/mol. The number of nitrogens with zero attached hydrogens (tertiary/aromatic N) is 7. The summed E-state index contributed by atoms with van der Waals surface area (Å²) in [6, 6.07) is 6.71. The van der Waals surface area contributed by atoms with Crippen LogP contribution in [0.25, 0.3) is 16.9 Å². The number of hydrogen-bond donors (Lipinski definition) is 4. The molecule has 5 N–H and O–H groups in total. The molecule has 0 unspecified atom stereocenters. The molecule has 3 aromatic heterocycles. The van der Waals surface area contributed by atoms with Gasteiger partial charge in [-0.3, -0.25) is 13.9 Å².